The SMILES string of the molecule is C#Cc1ccc(N(CC)CC)c(=O)cc1. The molecule has 2 heteroatoms. The van der Waals surface area contributed by atoms with Crippen LogP contribution in [-0.4, -0.2) is 13.1 Å². The van der Waals surface area contributed by atoms with Gasteiger partial charge in [-0.3, -0.25) is 4.79 Å². The van der Waals surface area contributed by atoms with Gasteiger partial charge in [-0.25, -0.2) is 0 Å². The lowest BCUT2D eigenvalue weighted by Gasteiger charge is -2.18. The molecule has 0 fully saturated rings. The summed E-state index contributed by atoms with van der Waals surface area (Å²) < 4.78 is 0. The summed E-state index contributed by atoms with van der Waals surface area (Å²) in [6.07, 6.45) is 5.28. The fourth-order valence-corrected chi connectivity index (χ4v) is 1.48. The van der Waals surface area contributed by atoms with Crippen molar-refractivity contribution < 1.29 is 0 Å². The Labute approximate surface area is 90.6 Å². The summed E-state index contributed by atoms with van der Waals surface area (Å²) in [6.45, 7) is 5.69. The minimum absolute atomic E-state index is 0.0141. The molecule has 1 rings (SSSR count). The van der Waals surface area contributed by atoms with Crippen LogP contribution in [0.4, 0.5) is 5.69 Å². The van der Waals surface area contributed by atoms with Crippen molar-refractivity contribution in [3.63, 3.8) is 0 Å². The fourth-order valence-electron chi connectivity index (χ4n) is 1.48. The summed E-state index contributed by atoms with van der Waals surface area (Å²) >= 11 is 0. The second kappa shape index (κ2) is 5.21. The smallest absolute Gasteiger partial charge is 0.201 e. The Kier molecular flexibility index (Phi) is 3.93. The van der Waals surface area contributed by atoms with Crippen molar-refractivity contribution >= 4 is 5.69 Å². The Morgan fingerprint density at radius 3 is 2.33 bits per heavy atom. The molecule has 0 aliphatic rings. The van der Waals surface area contributed by atoms with Gasteiger partial charge < -0.3 is 4.90 Å². The molecule has 0 amide bonds. The van der Waals surface area contributed by atoms with E-state index in [1.54, 1.807) is 18.2 Å². The normalized spacial score (nSPS) is 9.40. The zero-order valence-electron chi connectivity index (χ0n) is 9.16. The third-order valence-corrected chi connectivity index (χ3v) is 2.36. The molecule has 0 aromatic heterocycles. The summed E-state index contributed by atoms with van der Waals surface area (Å²) in [5.74, 6) is 2.52. The van der Waals surface area contributed by atoms with Crippen LogP contribution in [-0.2, 0) is 0 Å². The molecule has 0 heterocycles. The number of hydrogen-bond donors (Lipinski definition) is 0. The van der Waals surface area contributed by atoms with Crippen molar-refractivity contribution in [2.75, 3.05) is 18.0 Å². The van der Waals surface area contributed by atoms with Crippen molar-refractivity contribution in [1.82, 2.24) is 0 Å². The molecular weight excluding hydrogens is 186 g/mol. The number of rotatable bonds is 3. The van der Waals surface area contributed by atoms with Crippen LogP contribution in [0.2, 0.25) is 0 Å². The Bertz CT molecular complexity index is 427. The van der Waals surface area contributed by atoms with Gasteiger partial charge in [-0.2, -0.15) is 0 Å². The van der Waals surface area contributed by atoms with Crippen LogP contribution in [0.25, 0.3) is 0 Å². The molecule has 0 N–H and O–H groups in total. The Hall–Kier alpha value is -1.75. The van der Waals surface area contributed by atoms with E-state index in [-0.39, 0.29) is 5.43 Å². The zero-order chi connectivity index (χ0) is 11.3. The van der Waals surface area contributed by atoms with Gasteiger partial charge in [-0.1, -0.05) is 5.92 Å². The molecule has 2 nitrogen and oxygen atoms in total. The second-order valence-electron chi connectivity index (χ2n) is 3.19. The van der Waals surface area contributed by atoms with E-state index in [1.165, 1.54) is 6.07 Å². The van der Waals surface area contributed by atoms with E-state index in [1.807, 2.05) is 18.7 Å². The maximum absolute atomic E-state index is 11.7. The van der Waals surface area contributed by atoms with Gasteiger partial charge in [-0.05, 0) is 38.1 Å². The summed E-state index contributed by atoms with van der Waals surface area (Å²) in [7, 11) is 0. The van der Waals surface area contributed by atoms with Crippen molar-refractivity contribution in [1.29, 1.82) is 0 Å². The molecule has 0 saturated carbocycles. The highest BCUT2D eigenvalue weighted by molar-refractivity contribution is 5.47. The van der Waals surface area contributed by atoms with E-state index in [0.29, 0.717) is 5.69 Å². The first kappa shape index (κ1) is 11.3. The molecule has 0 atom stereocenters. The topological polar surface area (TPSA) is 20.3 Å². The summed E-state index contributed by atoms with van der Waals surface area (Å²) in [5.41, 5.74) is 1.45. The molecule has 1 aromatic rings. The van der Waals surface area contributed by atoms with Crippen LogP contribution in [0.1, 0.15) is 19.4 Å². The van der Waals surface area contributed by atoms with Crippen LogP contribution in [0.3, 0.4) is 0 Å². The molecule has 0 spiro atoms. The van der Waals surface area contributed by atoms with Gasteiger partial charge in [-0.15, -0.1) is 6.42 Å². The zero-order valence-corrected chi connectivity index (χ0v) is 9.16. The van der Waals surface area contributed by atoms with Crippen LogP contribution >= 0.6 is 0 Å². The van der Waals surface area contributed by atoms with Crippen molar-refractivity contribution in [2.45, 2.75) is 13.8 Å². The molecule has 15 heavy (non-hydrogen) atoms. The van der Waals surface area contributed by atoms with Gasteiger partial charge >= 0.3 is 0 Å². The summed E-state index contributed by atoms with van der Waals surface area (Å²) in [4.78, 5) is 13.8. The van der Waals surface area contributed by atoms with Crippen LogP contribution < -0.4 is 10.3 Å². The van der Waals surface area contributed by atoms with E-state index in [0.717, 1.165) is 18.7 Å². The Morgan fingerprint density at radius 2 is 1.80 bits per heavy atom. The minimum Gasteiger partial charge on any atom is -0.369 e. The predicted molar refractivity (Wildman–Crippen MR) is 64.2 cm³/mol. The van der Waals surface area contributed by atoms with Crippen molar-refractivity contribution in [3.8, 4) is 12.3 Å². The lowest BCUT2D eigenvalue weighted by Crippen LogP contribution is -2.26. The molecule has 1 aromatic carbocycles. The number of nitrogens with zero attached hydrogens (tertiary/aromatic N) is 1. The molecule has 0 bridgehead atoms. The van der Waals surface area contributed by atoms with Gasteiger partial charge in [0.05, 0.1) is 5.69 Å². The Balaban J connectivity index is 3.27. The quantitative estimate of drug-likeness (QED) is 0.696. The highest BCUT2D eigenvalue weighted by Gasteiger charge is 2.03. The first-order valence-electron chi connectivity index (χ1n) is 5.08. The van der Waals surface area contributed by atoms with E-state index >= 15 is 0 Å². The molecule has 0 saturated heterocycles. The Morgan fingerprint density at radius 1 is 1.20 bits per heavy atom. The third kappa shape index (κ3) is 2.60. The highest BCUT2D eigenvalue weighted by atomic mass is 16.1. The van der Waals surface area contributed by atoms with E-state index in [4.69, 9.17) is 6.42 Å². The van der Waals surface area contributed by atoms with Crippen LogP contribution in [0.5, 0.6) is 0 Å². The standard InChI is InChI=1S/C13H15NO/c1-4-11-7-9-12(13(15)10-8-11)14(5-2)6-3/h1,7-10H,5-6H2,2-3H3. The van der Waals surface area contributed by atoms with Crippen LogP contribution in [0, 0.1) is 12.3 Å². The number of terminal acetylenes is 1. The van der Waals surface area contributed by atoms with E-state index in [9.17, 15) is 4.79 Å². The minimum atomic E-state index is 0.0141. The monoisotopic (exact) mass is 201 g/mol. The number of anilines is 1. The maximum atomic E-state index is 11.7. The first-order valence-corrected chi connectivity index (χ1v) is 5.08. The molecule has 0 aliphatic carbocycles. The van der Waals surface area contributed by atoms with Gasteiger partial charge in [0.25, 0.3) is 0 Å². The lowest BCUT2D eigenvalue weighted by atomic mass is 10.3. The molecule has 0 unspecified atom stereocenters. The van der Waals surface area contributed by atoms with Crippen molar-refractivity contribution in [2.24, 2.45) is 0 Å². The highest BCUT2D eigenvalue weighted by Crippen LogP contribution is 2.07. The summed E-state index contributed by atoms with van der Waals surface area (Å²) in [5, 5.41) is 0. The van der Waals surface area contributed by atoms with Gasteiger partial charge in [0.2, 0.25) is 5.43 Å². The van der Waals surface area contributed by atoms with Crippen LogP contribution in [0.15, 0.2) is 29.1 Å². The lowest BCUT2D eigenvalue weighted by molar-refractivity contribution is 0.863. The van der Waals surface area contributed by atoms with Gasteiger partial charge in [0.15, 0.2) is 0 Å². The molecule has 0 radical (unpaired) electrons. The largest absolute Gasteiger partial charge is 0.369 e. The maximum Gasteiger partial charge on any atom is 0.201 e. The average molecular weight is 201 g/mol. The summed E-state index contributed by atoms with van der Waals surface area (Å²) in [6, 6.07) is 6.80. The number of hydrogen-bond acceptors (Lipinski definition) is 2. The molecular formula is C13H15NO. The predicted octanol–water partition coefficient (Wildman–Crippen LogP) is 1.87. The van der Waals surface area contributed by atoms with Gasteiger partial charge in [0, 0.05) is 18.7 Å². The average Bonchev–Trinajstić information content (AvgIpc) is 2.44. The second-order valence-corrected chi connectivity index (χ2v) is 3.19. The fraction of sp³-hybridized carbons (Fsp3) is 0.308. The van der Waals surface area contributed by atoms with Crippen molar-refractivity contribution in [3.05, 3.63) is 40.1 Å². The molecule has 0 aliphatic heterocycles. The molecule has 78 valence electrons. The van der Waals surface area contributed by atoms with E-state index in [2.05, 4.69) is 5.92 Å². The first-order chi connectivity index (χ1) is 7.22. The third-order valence-electron chi connectivity index (χ3n) is 2.36. The van der Waals surface area contributed by atoms with Gasteiger partial charge in [0.1, 0.15) is 0 Å². The van der Waals surface area contributed by atoms with E-state index < -0.39 is 0 Å².